The number of ether oxygens (including phenoxy) is 2. The summed E-state index contributed by atoms with van der Waals surface area (Å²) < 4.78 is 24.3. The molecular weight excluding hydrogens is 374 g/mol. The molecule has 0 saturated carbocycles. The van der Waals surface area contributed by atoms with E-state index in [1.807, 2.05) is 12.1 Å². The van der Waals surface area contributed by atoms with Crippen LogP contribution < -0.4 is 14.2 Å². The predicted molar refractivity (Wildman–Crippen MR) is 101 cm³/mol. The zero-order valence-electron chi connectivity index (χ0n) is 14.0. The van der Waals surface area contributed by atoms with Gasteiger partial charge < -0.3 is 14.0 Å². The molecule has 2 aromatic carbocycles. The largest absolute Gasteiger partial charge is 0.581 e. The van der Waals surface area contributed by atoms with E-state index < -0.39 is 10.4 Å². The lowest BCUT2D eigenvalue weighted by atomic mass is 10.1. The molecule has 0 spiro atoms. The van der Waals surface area contributed by atoms with Crippen molar-refractivity contribution in [3.8, 4) is 11.5 Å². The Morgan fingerprint density at radius 3 is 2.65 bits per heavy atom. The number of carbonyl (C=O) groups is 2. The number of carbonyl (C=O) groups excluding carboxylic acids is 2. The number of nitrogens with one attached hydrogen (secondary N) is 1. The molecule has 26 heavy (non-hydrogen) atoms. The van der Waals surface area contributed by atoms with Crippen molar-refractivity contribution in [1.29, 1.82) is 0 Å². The number of benzene rings is 2. The molecule has 0 bridgehead atoms. The Morgan fingerprint density at radius 2 is 2.00 bits per heavy atom. The fourth-order valence-electron chi connectivity index (χ4n) is 2.41. The Kier molecular flexibility index (Phi) is 6.08. The summed E-state index contributed by atoms with van der Waals surface area (Å²) in [7, 11) is 1.32. The van der Waals surface area contributed by atoms with E-state index >= 15 is 0 Å². The number of hydrogen-bond acceptors (Lipinski definition) is 6. The second-order valence-corrected chi connectivity index (χ2v) is 8.50. The molecule has 2 unspecified atom stereocenters. The maximum atomic E-state index is 12.2. The lowest BCUT2D eigenvalue weighted by Gasteiger charge is -2.08. The van der Waals surface area contributed by atoms with Crippen LogP contribution in [0.1, 0.15) is 15.9 Å². The van der Waals surface area contributed by atoms with Crippen molar-refractivity contribution in [1.82, 2.24) is 4.72 Å². The molecule has 1 heterocycles. The Bertz CT molecular complexity index is 796. The summed E-state index contributed by atoms with van der Waals surface area (Å²) in [5.41, 5.74) is 1.46. The van der Waals surface area contributed by atoms with E-state index in [1.54, 1.807) is 43.5 Å². The number of hydrogen-bond donors (Lipinski definition) is 1. The lowest BCUT2D eigenvalue weighted by molar-refractivity contribution is -0.118. The first-order chi connectivity index (χ1) is 12.5. The van der Waals surface area contributed by atoms with Crippen molar-refractivity contribution in [3.05, 3.63) is 59.7 Å². The van der Waals surface area contributed by atoms with Gasteiger partial charge in [0, 0.05) is 5.56 Å². The molecule has 1 aliphatic heterocycles. The van der Waals surface area contributed by atoms with Crippen LogP contribution in [0.25, 0.3) is 0 Å². The summed E-state index contributed by atoms with van der Waals surface area (Å²) >= 11 is 0. The van der Waals surface area contributed by atoms with Crippen LogP contribution in [0.3, 0.4) is 0 Å². The second-order valence-electron chi connectivity index (χ2n) is 5.58. The van der Waals surface area contributed by atoms with Crippen LogP contribution >= 0.6 is 10.8 Å². The second kappa shape index (κ2) is 8.48. The molecular formula is C18H17NO5S2. The molecule has 0 aromatic heterocycles. The van der Waals surface area contributed by atoms with Gasteiger partial charge >= 0.3 is 0 Å². The van der Waals surface area contributed by atoms with Gasteiger partial charge in [0.2, 0.25) is 0 Å². The third kappa shape index (κ3) is 4.72. The quantitative estimate of drug-likeness (QED) is 0.443. The average Bonchev–Trinajstić information content (AvgIpc) is 2.97. The van der Waals surface area contributed by atoms with Gasteiger partial charge in [-0.2, -0.15) is 4.72 Å². The molecule has 8 heteroatoms. The maximum absolute atomic E-state index is 12.2. The van der Waals surface area contributed by atoms with Gasteiger partial charge in [-0.1, -0.05) is 24.3 Å². The zero-order chi connectivity index (χ0) is 18.5. The topological polar surface area (TPSA) is 87.7 Å². The number of rotatable bonds is 7. The van der Waals surface area contributed by atoms with E-state index in [2.05, 4.69) is 4.72 Å². The molecule has 1 fully saturated rings. The van der Waals surface area contributed by atoms with Gasteiger partial charge in [-0.3, -0.25) is 9.59 Å². The van der Waals surface area contributed by atoms with Crippen LogP contribution in [0.2, 0.25) is 0 Å². The summed E-state index contributed by atoms with van der Waals surface area (Å²) in [5, 5.41) is -0.350. The third-order valence-corrected chi connectivity index (χ3v) is 6.41. The highest BCUT2D eigenvalue weighted by atomic mass is 33.1. The lowest BCUT2D eigenvalue weighted by Crippen LogP contribution is -2.25. The van der Waals surface area contributed by atoms with Crippen molar-refractivity contribution < 1.29 is 23.6 Å². The standard InChI is InChI=1S/C18H17NO5S2/c1-23-15-4-2-3-13(10-15)16(20)11-24-14-7-5-12(6-8-14)9-17-18(21)19-26(22)25-17/h2-8,10,17H,9,11H2,1H3,(H,19,21). The van der Waals surface area contributed by atoms with Crippen molar-refractivity contribution >= 4 is 32.9 Å². The SMILES string of the molecule is COc1cccc(C(=O)COc2ccc(CC3S[S+]([O-])NC3=O)cc2)c1. The Hall–Kier alpha value is -2.16. The molecule has 136 valence electrons. The highest BCUT2D eigenvalue weighted by Crippen LogP contribution is 2.28. The highest BCUT2D eigenvalue weighted by molar-refractivity contribution is 8.72. The van der Waals surface area contributed by atoms with Crippen LogP contribution in [0.4, 0.5) is 0 Å². The fraction of sp³-hybridized carbons (Fsp3) is 0.222. The molecule has 1 amide bonds. The van der Waals surface area contributed by atoms with E-state index in [1.165, 1.54) is 0 Å². The molecule has 0 aliphatic carbocycles. The van der Waals surface area contributed by atoms with Gasteiger partial charge in [0.15, 0.2) is 12.4 Å². The first-order valence-corrected chi connectivity index (χ1v) is 10.4. The molecule has 2 aromatic rings. The molecule has 1 N–H and O–H groups in total. The van der Waals surface area contributed by atoms with E-state index in [-0.39, 0.29) is 23.5 Å². The first kappa shape index (κ1) is 18.6. The number of Topliss-reactive ketones (excluding diaryl/α,β-unsaturated/α-hetero) is 1. The van der Waals surface area contributed by atoms with E-state index in [9.17, 15) is 14.1 Å². The minimum Gasteiger partial charge on any atom is -0.581 e. The minimum atomic E-state index is -1.34. The van der Waals surface area contributed by atoms with E-state index in [0.717, 1.165) is 16.4 Å². The number of methoxy groups -OCH3 is 1. The monoisotopic (exact) mass is 391 g/mol. The van der Waals surface area contributed by atoms with Crippen molar-refractivity contribution in [3.63, 3.8) is 0 Å². The number of ketones is 1. The highest BCUT2D eigenvalue weighted by Gasteiger charge is 2.37. The Balaban J connectivity index is 1.54. The predicted octanol–water partition coefficient (Wildman–Crippen LogP) is 2.31. The van der Waals surface area contributed by atoms with Gasteiger partial charge in [0.1, 0.15) is 37.9 Å². The van der Waals surface area contributed by atoms with Gasteiger partial charge in [0.25, 0.3) is 5.91 Å². The Labute approximate surface area is 158 Å². The first-order valence-electron chi connectivity index (χ1n) is 7.83. The fourth-order valence-corrected chi connectivity index (χ4v) is 4.95. The van der Waals surface area contributed by atoms with Crippen molar-refractivity contribution in [2.45, 2.75) is 11.7 Å². The van der Waals surface area contributed by atoms with Crippen LogP contribution in [0, 0.1) is 0 Å². The third-order valence-electron chi connectivity index (χ3n) is 3.79. The van der Waals surface area contributed by atoms with Crippen LogP contribution in [-0.2, 0) is 21.6 Å². The molecule has 2 atom stereocenters. The molecule has 6 nitrogen and oxygen atoms in total. The summed E-state index contributed by atoms with van der Waals surface area (Å²) in [6.07, 6.45) is 0.491. The van der Waals surface area contributed by atoms with E-state index in [4.69, 9.17) is 9.47 Å². The molecule has 1 aliphatic rings. The van der Waals surface area contributed by atoms with Gasteiger partial charge in [-0.15, -0.1) is 0 Å². The minimum absolute atomic E-state index is 0.0770. The van der Waals surface area contributed by atoms with Crippen LogP contribution in [0.15, 0.2) is 48.5 Å². The van der Waals surface area contributed by atoms with Crippen molar-refractivity contribution in [2.24, 2.45) is 0 Å². The van der Waals surface area contributed by atoms with Crippen LogP contribution in [-0.4, -0.2) is 35.2 Å². The van der Waals surface area contributed by atoms with Gasteiger partial charge in [-0.05, 0) is 36.2 Å². The van der Waals surface area contributed by atoms with Gasteiger partial charge in [0.05, 0.1) is 7.11 Å². The zero-order valence-corrected chi connectivity index (χ0v) is 15.6. The normalized spacial score (nSPS) is 19.1. The summed E-state index contributed by atoms with van der Waals surface area (Å²) in [6, 6.07) is 14.1. The van der Waals surface area contributed by atoms with Crippen LogP contribution in [0.5, 0.6) is 11.5 Å². The molecule has 3 rings (SSSR count). The average molecular weight is 391 g/mol. The smallest absolute Gasteiger partial charge is 0.280 e. The van der Waals surface area contributed by atoms with Gasteiger partial charge in [-0.25, -0.2) is 0 Å². The van der Waals surface area contributed by atoms with Crippen molar-refractivity contribution in [2.75, 3.05) is 13.7 Å². The van der Waals surface area contributed by atoms with E-state index in [0.29, 0.717) is 23.5 Å². The molecule has 1 saturated heterocycles. The summed E-state index contributed by atoms with van der Waals surface area (Å²) in [5.74, 6) is 0.832. The summed E-state index contributed by atoms with van der Waals surface area (Å²) in [4.78, 5) is 23.8. The maximum Gasteiger partial charge on any atom is 0.280 e. The summed E-state index contributed by atoms with van der Waals surface area (Å²) in [6.45, 7) is -0.0770. The Morgan fingerprint density at radius 1 is 1.23 bits per heavy atom. The molecule has 0 radical (unpaired) electrons. The number of amides is 1.